The van der Waals surface area contributed by atoms with E-state index in [-0.39, 0.29) is 6.10 Å². The van der Waals surface area contributed by atoms with E-state index < -0.39 is 5.79 Å². The lowest BCUT2D eigenvalue weighted by atomic mass is 10.2. The zero-order valence-electron chi connectivity index (χ0n) is 14.6. The fourth-order valence-corrected chi connectivity index (χ4v) is 3.21. The number of fused-ring (bicyclic) bond motifs is 1. The summed E-state index contributed by atoms with van der Waals surface area (Å²) in [4.78, 5) is 0. The minimum Gasteiger partial charge on any atom is -0.491 e. The molecule has 2 aromatic carbocycles. The van der Waals surface area contributed by atoms with Gasteiger partial charge in [-0.2, -0.15) is 0 Å². The van der Waals surface area contributed by atoms with E-state index in [1.807, 2.05) is 26.0 Å². The van der Waals surface area contributed by atoms with Crippen LogP contribution in [0, 0.1) is 0 Å². The van der Waals surface area contributed by atoms with E-state index in [1.54, 1.807) is 0 Å². The van der Waals surface area contributed by atoms with E-state index >= 15 is 0 Å². The van der Waals surface area contributed by atoms with Gasteiger partial charge in [0.2, 0.25) is 0 Å². The van der Waals surface area contributed by atoms with Gasteiger partial charge in [0.25, 0.3) is 0 Å². The smallest absolute Gasteiger partial charge is 0.163 e. The predicted molar refractivity (Wildman–Crippen MR) is 97.9 cm³/mol. The molecule has 0 radical (unpaired) electrons. The number of ether oxygens (including phenoxy) is 3. The molecule has 1 saturated heterocycles. The summed E-state index contributed by atoms with van der Waals surface area (Å²) < 4.78 is 19.6. The van der Waals surface area contributed by atoms with E-state index in [9.17, 15) is 0 Å². The summed E-state index contributed by atoms with van der Waals surface area (Å²) in [6, 6.07) is 18.8. The topological polar surface area (TPSA) is 32.6 Å². The fraction of sp³-hybridized carbons (Fsp3) is 0.333. The fourth-order valence-electron chi connectivity index (χ4n) is 3.21. The molecule has 1 fully saturated rings. The van der Waals surface area contributed by atoms with Gasteiger partial charge in [0.1, 0.15) is 18.5 Å². The summed E-state index contributed by atoms with van der Waals surface area (Å²) in [5.41, 5.74) is 2.45. The van der Waals surface area contributed by atoms with Gasteiger partial charge >= 0.3 is 0 Å². The van der Waals surface area contributed by atoms with Gasteiger partial charge in [-0.3, -0.25) is 0 Å². The highest BCUT2D eigenvalue weighted by Gasteiger charge is 2.32. The van der Waals surface area contributed by atoms with Crippen molar-refractivity contribution < 1.29 is 14.2 Å². The Hall–Kier alpha value is -2.30. The average molecular weight is 337 g/mol. The third-order valence-corrected chi connectivity index (χ3v) is 4.44. The number of rotatable bonds is 5. The van der Waals surface area contributed by atoms with Gasteiger partial charge in [-0.05, 0) is 43.0 Å². The number of hydrogen-bond donors (Lipinski definition) is 0. The number of aromatic nitrogens is 1. The molecule has 0 aliphatic carbocycles. The number of nitrogens with zero attached hydrogens (tertiary/aromatic N) is 1. The van der Waals surface area contributed by atoms with Crippen molar-refractivity contribution in [1.82, 2.24) is 4.57 Å². The van der Waals surface area contributed by atoms with E-state index in [1.165, 1.54) is 16.5 Å². The van der Waals surface area contributed by atoms with Crippen LogP contribution in [-0.4, -0.2) is 29.7 Å². The van der Waals surface area contributed by atoms with Crippen molar-refractivity contribution in [1.29, 1.82) is 0 Å². The Kier molecular flexibility index (Phi) is 4.24. The molecule has 4 heteroatoms. The van der Waals surface area contributed by atoms with Crippen molar-refractivity contribution in [3.63, 3.8) is 0 Å². The zero-order valence-corrected chi connectivity index (χ0v) is 14.6. The normalized spacial score (nSPS) is 19.4. The average Bonchev–Trinajstić information content (AvgIpc) is 3.17. The van der Waals surface area contributed by atoms with Crippen LogP contribution in [0.3, 0.4) is 0 Å². The summed E-state index contributed by atoms with van der Waals surface area (Å²) in [6.45, 7) is 5.76. The molecule has 1 unspecified atom stereocenters. The van der Waals surface area contributed by atoms with Crippen LogP contribution in [-0.2, 0) is 16.0 Å². The summed E-state index contributed by atoms with van der Waals surface area (Å²) >= 11 is 0. The highest BCUT2D eigenvalue weighted by molar-refractivity contribution is 5.81. The second-order valence-electron chi connectivity index (χ2n) is 6.91. The molecule has 25 heavy (non-hydrogen) atoms. The van der Waals surface area contributed by atoms with Crippen LogP contribution < -0.4 is 4.74 Å². The quantitative estimate of drug-likeness (QED) is 0.699. The molecule has 1 aliphatic heterocycles. The Morgan fingerprint density at radius 2 is 1.96 bits per heavy atom. The van der Waals surface area contributed by atoms with Crippen LogP contribution in [0.15, 0.2) is 60.8 Å². The van der Waals surface area contributed by atoms with E-state index in [0.717, 1.165) is 12.3 Å². The van der Waals surface area contributed by atoms with Gasteiger partial charge < -0.3 is 18.8 Å². The molecule has 0 bridgehead atoms. The Morgan fingerprint density at radius 3 is 2.72 bits per heavy atom. The standard InChI is InChI=1S/C21H23NO3/c1-21(2)24-15-19(25-21)14-23-18-9-8-17-10-11-22(20(17)12-18)13-16-6-4-3-5-7-16/h3-12,19H,13-15H2,1-2H3. The molecule has 0 amide bonds. The molecular formula is C21H23NO3. The molecule has 3 aromatic rings. The second kappa shape index (κ2) is 6.54. The van der Waals surface area contributed by atoms with Crippen LogP contribution in [0.25, 0.3) is 10.9 Å². The number of hydrogen-bond acceptors (Lipinski definition) is 3. The Morgan fingerprint density at radius 1 is 1.12 bits per heavy atom. The lowest BCUT2D eigenvalue weighted by Gasteiger charge is -2.17. The second-order valence-corrected chi connectivity index (χ2v) is 6.91. The third-order valence-electron chi connectivity index (χ3n) is 4.44. The summed E-state index contributed by atoms with van der Waals surface area (Å²) in [5.74, 6) is 0.344. The van der Waals surface area contributed by atoms with E-state index in [2.05, 4.69) is 53.2 Å². The molecule has 4 rings (SSSR count). The van der Waals surface area contributed by atoms with Crippen molar-refractivity contribution in [3.8, 4) is 5.75 Å². The molecule has 0 saturated carbocycles. The predicted octanol–water partition coefficient (Wildman–Crippen LogP) is 4.22. The molecule has 2 heterocycles. The van der Waals surface area contributed by atoms with Crippen LogP contribution in [0.4, 0.5) is 0 Å². The van der Waals surface area contributed by atoms with Gasteiger partial charge in [0, 0.05) is 18.8 Å². The first-order valence-corrected chi connectivity index (χ1v) is 8.66. The first-order valence-electron chi connectivity index (χ1n) is 8.66. The van der Waals surface area contributed by atoms with Crippen molar-refractivity contribution in [2.45, 2.75) is 32.3 Å². The highest BCUT2D eigenvalue weighted by atomic mass is 16.7. The molecule has 130 valence electrons. The van der Waals surface area contributed by atoms with Gasteiger partial charge in [0.15, 0.2) is 5.79 Å². The highest BCUT2D eigenvalue weighted by Crippen LogP contribution is 2.25. The molecular weight excluding hydrogens is 314 g/mol. The minimum absolute atomic E-state index is 0.0261. The van der Waals surface area contributed by atoms with Gasteiger partial charge in [-0.25, -0.2) is 0 Å². The zero-order chi connectivity index (χ0) is 17.3. The van der Waals surface area contributed by atoms with Crippen molar-refractivity contribution in [2.24, 2.45) is 0 Å². The first kappa shape index (κ1) is 16.2. The molecule has 1 aliphatic rings. The van der Waals surface area contributed by atoms with Crippen molar-refractivity contribution >= 4 is 10.9 Å². The molecule has 0 N–H and O–H groups in total. The lowest BCUT2D eigenvalue weighted by Crippen LogP contribution is -2.25. The Balaban J connectivity index is 1.48. The lowest BCUT2D eigenvalue weighted by molar-refractivity contribution is -0.141. The maximum absolute atomic E-state index is 5.95. The minimum atomic E-state index is -0.512. The van der Waals surface area contributed by atoms with Crippen molar-refractivity contribution in [2.75, 3.05) is 13.2 Å². The van der Waals surface area contributed by atoms with Crippen LogP contribution in [0.5, 0.6) is 5.75 Å². The third kappa shape index (κ3) is 3.70. The van der Waals surface area contributed by atoms with Crippen LogP contribution in [0.2, 0.25) is 0 Å². The monoisotopic (exact) mass is 337 g/mol. The molecule has 1 aromatic heterocycles. The first-order chi connectivity index (χ1) is 12.1. The van der Waals surface area contributed by atoms with Gasteiger partial charge in [-0.15, -0.1) is 0 Å². The van der Waals surface area contributed by atoms with E-state index in [0.29, 0.717) is 13.2 Å². The maximum atomic E-state index is 5.95. The molecule has 1 atom stereocenters. The van der Waals surface area contributed by atoms with Crippen LogP contribution >= 0.6 is 0 Å². The SMILES string of the molecule is CC1(C)OCC(COc2ccc3ccn(Cc4ccccc4)c3c2)O1. The van der Waals surface area contributed by atoms with Crippen LogP contribution in [0.1, 0.15) is 19.4 Å². The molecule has 0 spiro atoms. The van der Waals surface area contributed by atoms with Gasteiger partial charge in [-0.1, -0.05) is 30.3 Å². The largest absolute Gasteiger partial charge is 0.491 e. The molecule has 4 nitrogen and oxygen atoms in total. The summed E-state index contributed by atoms with van der Waals surface area (Å²) in [7, 11) is 0. The van der Waals surface area contributed by atoms with E-state index in [4.69, 9.17) is 14.2 Å². The van der Waals surface area contributed by atoms with Crippen molar-refractivity contribution in [3.05, 3.63) is 66.4 Å². The van der Waals surface area contributed by atoms with Gasteiger partial charge in [0.05, 0.1) is 12.1 Å². The maximum Gasteiger partial charge on any atom is 0.163 e. The summed E-state index contributed by atoms with van der Waals surface area (Å²) in [5, 5.41) is 1.21. The Labute approximate surface area is 147 Å². The summed E-state index contributed by atoms with van der Waals surface area (Å²) in [6.07, 6.45) is 2.10. The Bertz CT molecular complexity index is 854. The number of benzene rings is 2.